The van der Waals surface area contributed by atoms with Gasteiger partial charge in [-0.1, -0.05) is 353 Å². The summed E-state index contributed by atoms with van der Waals surface area (Å²) in [5, 5.41) is 15.6. The van der Waals surface area contributed by atoms with E-state index in [0.717, 1.165) is 0 Å². The maximum atomic E-state index is 2.41. The van der Waals surface area contributed by atoms with Crippen molar-refractivity contribution < 1.29 is 20.1 Å². The van der Waals surface area contributed by atoms with E-state index in [-0.39, 0.29) is 36.8 Å². The third kappa shape index (κ3) is 17.8. The minimum absolute atomic E-state index is 0. The molecule has 0 saturated heterocycles. The summed E-state index contributed by atoms with van der Waals surface area (Å²) in [6, 6.07) is 120. The molecule has 6 heteroatoms. The molecule has 0 amide bonds. The number of hydrogen-bond donors (Lipinski definition) is 0. The van der Waals surface area contributed by atoms with E-state index >= 15 is 0 Å². The van der Waals surface area contributed by atoms with Crippen LogP contribution in [-0.2, 0) is 20.1 Å². The Balaban J connectivity index is 0.000000147. The summed E-state index contributed by atoms with van der Waals surface area (Å²) in [4.78, 5) is 0. The van der Waals surface area contributed by atoms with E-state index in [1.165, 1.54) is 70.6 Å². The molecule has 11 rings (SSSR count). The van der Waals surface area contributed by atoms with E-state index in [4.69, 9.17) is 0 Å². The largest absolute Gasteiger partial charge is 0.0713 e. The van der Waals surface area contributed by atoms with Crippen LogP contribution in [0.5, 0.6) is 0 Å². The molecule has 378 valence electrons. The second kappa shape index (κ2) is 32.6. The van der Waals surface area contributed by atoms with E-state index in [1.807, 2.05) is 0 Å². The molecule has 0 aromatic heterocycles. The predicted octanol–water partition coefficient (Wildman–Crippen LogP) is 14.2. The molecular formula is C70H65IrP4Si. The van der Waals surface area contributed by atoms with Gasteiger partial charge in [-0.15, -0.1) is 0 Å². The van der Waals surface area contributed by atoms with Gasteiger partial charge in [0.2, 0.25) is 0 Å². The molecule has 0 aliphatic heterocycles. The SMILES string of the molecule is C[Si](C)CCP(c1ccccc1)c1ccccc1.[Ir].c1ccc(P(c2ccccc2)c2ccccc2)cc1.c1ccc(P(c2ccccc2)c2ccccc2)cc1.c1ccc(P(c2ccccc2)c2ccccc2)cc1. The summed E-state index contributed by atoms with van der Waals surface area (Å²) in [7, 11) is -1.62. The monoisotopic (exact) mass is 1250 g/mol. The third-order valence-corrected chi connectivity index (χ3v) is 23.6. The van der Waals surface area contributed by atoms with Gasteiger partial charge in [0, 0.05) is 28.9 Å². The van der Waals surface area contributed by atoms with Crippen molar-refractivity contribution in [2.45, 2.75) is 19.1 Å². The zero-order valence-corrected chi connectivity index (χ0v) is 50.3. The van der Waals surface area contributed by atoms with Crippen molar-refractivity contribution in [3.05, 3.63) is 334 Å². The molecule has 0 saturated carbocycles. The smallest absolute Gasteiger partial charge is 0.0416 e. The quantitative estimate of drug-likeness (QED) is 0.0752. The van der Waals surface area contributed by atoms with Gasteiger partial charge >= 0.3 is 0 Å². The molecule has 0 N–H and O–H groups in total. The molecule has 76 heavy (non-hydrogen) atoms. The maximum absolute atomic E-state index is 2.41. The van der Waals surface area contributed by atoms with Crippen LogP contribution in [0.1, 0.15) is 0 Å². The summed E-state index contributed by atoms with van der Waals surface area (Å²) in [6.45, 7) is 4.82. The summed E-state index contributed by atoms with van der Waals surface area (Å²) in [5.41, 5.74) is 0. The van der Waals surface area contributed by atoms with Crippen LogP contribution in [-0.4, -0.2) is 15.0 Å². The van der Waals surface area contributed by atoms with Gasteiger partial charge in [0.1, 0.15) is 0 Å². The van der Waals surface area contributed by atoms with Gasteiger partial charge in [0.05, 0.1) is 0 Å². The molecule has 0 spiro atoms. The average molecular weight is 1250 g/mol. The zero-order chi connectivity index (χ0) is 51.5. The first-order valence-corrected chi connectivity index (χ1v) is 33.9. The standard InChI is InChI=1S/3C18H15P.C16H20PSi.Ir/c3*1-4-10-16(11-5-1)19(17-12-6-2-7-13-17)18-14-8-3-9-15-18;1-18(2)14-13-17(15-9-5-3-6-10-15)16-11-7-4-8-12-16;/h3*1-15H;3-12H,13-14H2,1-2H3;. The van der Waals surface area contributed by atoms with Gasteiger partial charge in [-0.2, -0.15) is 0 Å². The van der Waals surface area contributed by atoms with Gasteiger partial charge in [-0.3, -0.25) is 0 Å². The topological polar surface area (TPSA) is 0 Å². The first-order valence-electron chi connectivity index (χ1n) is 25.6. The fourth-order valence-corrected chi connectivity index (χ4v) is 20.0. The van der Waals surface area contributed by atoms with Crippen molar-refractivity contribution >= 4 is 98.8 Å². The first-order chi connectivity index (χ1) is 37.1. The van der Waals surface area contributed by atoms with Gasteiger partial charge in [0.25, 0.3) is 0 Å². The number of benzene rings is 11. The molecule has 0 aliphatic carbocycles. The summed E-state index contributed by atoms with van der Waals surface area (Å²) < 4.78 is 0. The average Bonchev–Trinajstić information content (AvgIpc) is 3.49. The predicted molar refractivity (Wildman–Crippen MR) is 342 cm³/mol. The number of rotatable bonds is 14. The Hall–Kier alpha value is -5.99. The van der Waals surface area contributed by atoms with Crippen LogP contribution in [0.2, 0.25) is 19.1 Å². The Morgan fingerprint density at radius 2 is 0.342 bits per heavy atom. The molecule has 11 aromatic carbocycles. The Labute approximate surface area is 474 Å². The van der Waals surface area contributed by atoms with Crippen LogP contribution < -0.4 is 58.3 Å². The maximum Gasteiger partial charge on any atom is 0.0416 e. The Morgan fingerprint density at radius 3 is 0.474 bits per heavy atom. The van der Waals surface area contributed by atoms with Crippen LogP contribution >= 0.6 is 31.7 Å². The summed E-state index contributed by atoms with van der Waals surface area (Å²) in [5.74, 6) is 0. The van der Waals surface area contributed by atoms with Crippen LogP contribution in [0.4, 0.5) is 0 Å². The minimum Gasteiger partial charge on any atom is -0.0713 e. The molecule has 0 nitrogen and oxygen atoms in total. The second-order valence-corrected chi connectivity index (χ2v) is 29.7. The summed E-state index contributed by atoms with van der Waals surface area (Å²) >= 11 is 0. The minimum atomic E-state index is -0.446. The summed E-state index contributed by atoms with van der Waals surface area (Å²) in [6.07, 6.45) is 1.34. The van der Waals surface area contributed by atoms with E-state index in [0.29, 0.717) is 0 Å². The van der Waals surface area contributed by atoms with Crippen LogP contribution in [0.25, 0.3) is 0 Å². The Kier molecular flexibility index (Phi) is 24.7. The van der Waals surface area contributed by atoms with E-state index in [1.54, 1.807) is 0 Å². The van der Waals surface area contributed by atoms with Gasteiger partial charge in [-0.25, -0.2) is 0 Å². The van der Waals surface area contributed by atoms with E-state index < -0.39 is 23.8 Å². The van der Waals surface area contributed by atoms with Crippen LogP contribution in [0, 0.1) is 0 Å². The number of hydrogen-bond acceptors (Lipinski definition) is 0. The second-order valence-electron chi connectivity index (χ2n) is 17.8. The van der Waals surface area contributed by atoms with Crippen molar-refractivity contribution in [3.8, 4) is 0 Å². The van der Waals surface area contributed by atoms with Crippen molar-refractivity contribution in [3.63, 3.8) is 0 Å². The molecule has 11 aromatic rings. The Morgan fingerprint density at radius 1 is 0.211 bits per heavy atom. The van der Waals surface area contributed by atoms with E-state index in [9.17, 15) is 0 Å². The molecular weight excluding hydrogens is 1180 g/mol. The van der Waals surface area contributed by atoms with Gasteiger partial charge in [-0.05, 0) is 96.2 Å². The van der Waals surface area contributed by atoms with E-state index in [2.05, 4.69) is 347 Å². The fourth-order valence-electron chi connectivity index (χ4n) is 8.49. The molecule has 0 fully saturated rings. The molecule has 0 unspecified atom stereocenters. The van der Waals surface area contributed by atoms with Crippen LogP contribution in [0.3, 0.4) is 0 Å². The molecule has 0 heterocycles. The fraction of sp³-hybridized carbons (Fsp3) is 0.0571. The molecule has 2 radical (unpaired) electrons. The van der Waals surface area contributed by atoms with Gasteiger partial charge in [0.15, 0.2) is 0 Å². The molecule has 0 aliphatic rings. The van der Waals surface area contributed by atoms with Crippen LogP contribution in [0.15, 0.2) is 334 Å². The molecule has 0 atom stereocenters. The van der Waals surface area contributed by atoms with Crippen molar-refractivity contribution in [2.75, 3.05) is 6.16 Å². The van der Waals surface area contributed by atoms with Gasteiger partial charge < -0.3 is 0 Å². The van der Waals surface area contributed by atoms with Crippen molar-refractivity contribution in [2.24, 2.45) is 0 Å². The third-order valence-electron chi connectivity index (χ3n) is 12.1. The first kappa shape index (κ1) is 57.7. The van der Waals surface area contributed by atoms with Crippen molar-refractivity contribution in [1.29, 1.82) is 0 Å². The molecule has 0 bridgehead atoms. The van der Waals surface area contributed by atoms with Crippen molar-refractivity contribution in [1.82, 2.24) is 0 Å². The normalized spacial score (nSPS) is 10.6. The Bertz CT molecular complexity index is 2600. The zero-order valence-electron chi connectivity index (χ0n) is 43.3.